The fourth-order valence-corrected chi connectivity index (χ4v) is 1.72. The van der Waals surface area contributed by atoms with Gasteiger partial charge in [-0.2, -0.15) is 5.26 Å². The normalized spacial score (nSPS) is 9.75. The minimum absolute atomic E-state index is 0.528. The molecule has 2 aromatic rings. The molecule has 0 unspecified atom stereocenters. The Balaban J connectivity index is 2.59. The molecule has 16 heavy (non-hydrogen) atoms. The third-order valence-corrected chi connectivity index (χ3v) is 2.63. The molecule has 0 spiro atoms. The van der Waals surface area contributed by atoms with Crippen molar-refractivity contribution in [1.29, 1.82) is 5.26 Å². The van der Waals surface area contributed by atoms with Gasteiger partial charge in [-0.05, 0) is 35.7 Å². The van der Waals surface area contributed by atoms with Crippen molar-refractivity contribution in [2.75, 3.05) is 5.73 Å². The van der Waals surface area contributed by atoms with Crippen molar-refractivity contribution in [2.45, 2.75) is 6.92 Å². The first-order chi connectivity index (χ1) is 7.72. The average Bonchev–Trinajstić information content (AvgIpc) is 2.31. The molecule has 0 aliphatic heterocycles. The van der Waals surface area contributed by atoms with Crippen molar-refractivity contribution >= 4 is 5.69 Å². The van der Waals surface area contributed by atoms with Crippen LogP contribution in [0.3, 0.4) is 0 Å². The number of rotatable bonds is 1. The van der Waals surface area contributed by atoms with Crippen LogP contribution < -0.4 is 5.73 Å². The Bertz CT molecular complexity index is 565. The highest BCUT2D eigenvalue weighted by atomic mass is 14.6. The summed E-state index contributed by atoms with van der Waals surface area (Å²) in [5.41, 5.74) is 10.1. The summed E-state index contributed by atoms with van der Waals surface area (Å²) in [5.74, 6) is 0. The number of nitrogens with two attached hydrogens (primary N) is 1. The summed E-state index contributed by atoms with van der Waals surface area (Å²) < 4.78 is 0. The Labute approximate surface area is 95.0 Å². The van der Waals surface area contributed by atoms with E-state index in [1.54, 1.807) is 6.07 Å². The van der Waals surface area contributed by atoms with Gasteiger partial charge in [-0.15, -0.1) is 0 Å². The summed E-state index contributed by atoms with van der Waals surface area (Å²) in [7, 11) is 0. The van der Waals surface area contributed by atoms with Crippen LogP contribution >= 0.6 is 0 Å². The van der Waals surface area contributed by atoms with Crippen molar-refractivity contribution in [3.63, 3.8) is 0 Å². The number of aryl methyl sites for hydroxylation is 1. The smallest absolute Gasteiger partial charge is 0.101 e. The summed E-state index contributed by atoms with van der Waals surface area (Å²) in [4.78, 5) is 0. The summed E-state index contributed by atoms with van der Waals surface area (Å²) in [6, 6.07) is 15.7. The van der Waals surface area contributed by atoms with E-state index in [1.807, 2.05) is 30.3 Å². The van der Waals surface area contributed by atoms with Gasteiger partial charge in [-0.3, -0.25) is 0 Å². The number of nitrogens with zero attached hydrogens (tertiary/aromatic N) is 1. The first-order valence-electron chi connectivity index (χ1n) is 5.08. The van der Waals surface area contributed by atoms with Gasteiger partial charge >= 0.3 is 0 Å². The number of benzene rings is 2. The van der Waals surface area contributed by atoms with Crippen molar-refractivity contribution in [3.05, 3.63) is 53.6 Å². The minimum atomic E-state index is 0.528. The lowest BCUT2D eigenvalue weighted by Crippen LogP contribution is -1.91. The van der Waals surface area contributed by atoms with Crippen LogP contribution in [0.4, 0.5) is 5.69 Å². The van der Waals surface area contributed by atoms with E-state index < -0.39 is 0 Å². The highest BCUT2D eigenvalue weighted by Crippen LogP contribution is 2.25. The molecule has 0 amide bonds. The number of nitriles is 1. The quantitative estimate of drug-likeness (QED) is 0.732. The van der Waals surface area contributed by atoms with Crippen molar-refractivity contribution in [1.82, 2.24) is 0 Å². The lowest BCUT2D eigenvalue weighted by molar-refractivity contribution is 1.44. The van der Waals surface area contributed by atoms with Gasteiger partial charge in [0.25, 0.3) is 0 Å². The van der Waals surface area contributed by atoms with Crippen molar-refractivity contribution in [2.24, 2.45) is 0 Å². The van der Waals surface area contributed by atoms with Gasteiger partial charge in [-0.25, -0.2) is 0 Å². The highest BCUT2D eigenvalue weighted by Gasteiger charge is 2.04. The first kappa shape index (κ1) is 10.3. The second-order valence-corrected chi connectivity index (χ2v) is 3.73. The minimum Gasteiger partial charge on any atom is -0.398 e. The van der Waals surface area contributed by atoms with Crippen LogP contribution in [0.5, 0.6) is 0 Å². The van der Waals surface area contributed by atoms with Gasteiger partial charge in [0.15, 0.2) is 0 Å². The first-order valence-corrected chi connectivity index (χ1v) is 5.08. The van der Waals surface area contributed by atoms with E-state index in [-0.39, 0.29) is 0 Å². The molecule has 2 aromatic carbocycles. The SMILES string of the molecule is Cc1ccccc1-c1ccc(N)c(C#N)c1. The van der Waals surface area contributed by atoms with Crippen molar-refractivity contribution in [3.8, 4) is 17.2 Å². The molecule has 2 heteroatoms. The fraction of sp³-hybridized carbons (Fsp3) is 0.0714. The average molecular weight is 208 g/mol. The lowest BCUT2D eigenvalue weighted by atomic mass is 9.98. The zero-order chi connectivity index (χ0) is 11.5. The molecule has 0 fully saturated rings. The van der Waals surface area contributed by atoms with E-state index in [2.05, 4.69) is 19.1 Å². The maximum Gasteiger partial charge on any atom is 0.101 e. The molecule has 0 heterocycles. The molecule has 0 aliphatic rings. The third kappa shape index (κ3) is 1.76. The van der Waals surface area contributed by atoms with E-state index >= 15 is 0 Å². The van der Waals surface area contributed by atoms with Gasteiger partial charge in [0.1, 0.15) is 6.07 Å². The maximum absolute atomic E-state index is 8.93. The molecule has 78 valence electrons. The Morgan fingerprint density at radius 3 is 2.56 bits per heavy atom. The largest absolute Gasteiger partial charge is 0.398 e. The predicted molar refractivity (Wildman–Crippen MR) is 65.7 cm³/mol. The molecule has 0 aromatic heterocycles. The van der Waals surface area contributed by atoms with Crippen molar-refractivity contribution < 1.29 is 0 Å². The van der Waals surface area contributed by atoms with E-state index in [0.717, 1.165) is 11.1 Å². The topological polar surface area (TPSA) is 49.8 Å². The standard InChI is InChI=1S/C14H12N2/c1-10-4-2-3-5-13(10)11-6-7-14(16)12(8-11)9-15/h2-8H,16H2,1H3. The summed E-state index contributed by atoms with van der Waals surface area (Å²) in [5, 5.41) is 8.93. The van der Waals surface area contributed by atoms with Gasteiger partial charge in [-0.1, -0.05) is 30.3 Å². The zero-order valence-corrected chi connectivity index (χ0v) is 9.07. The van der Waals surface area contributed by atoms with Gasteiger partial charge in [0.05, 0.1) is 5.56 Å². The van der Waals surface area contributed by atoms with Gasteiger partial charge in [0.2, 0.25) is 0 Å². The fourth-order valence-electron chi connectivity index (χ4n) is 1.72. The molecular formula is C14H12N2. The van der Waals surface area contributed by atoms with Crippen LogP contribution in [0.15, 0.2) is 42.5 Å². The number of hydrogen-bond acceptors (Lipinski definition) is 2. The van der Waals surface area contributed by atoms with E-state index in [0.29, 0.717) is 11.3 Å². The second-order valence-electron chi connectivity index (χ2n) is 3.73. The summed E-state index contributed by atoms with van der Waals surface area (Å²) in [6.07, 6.45) is 0. The molecule has 0 saturated carbocycles. The van der Waals surface area contributed by atoms with E-state index in [9.17, 15) is 0 Å². The molecule has 0 saturated heterocycles. The molecule has 2 nitrogen and oxygen atoms in total. The lowest BCUT2D eigenvalue weighted by Gasteiger charge is -2.07. The van der Waals surface area contributed by atoms with Crippen LogP contribution in [-0.4, -0.2) is 0 Å². The summed E-state index contributed by atoms with van der Waals surface area (Å²) >= 11 is 0. The molecule has 0 atom stereocenters. The van der Waals surface area contributed by atoms with Crippen LogP contribution in [-0.2, 0) is 0 Å². The molecule has 0 radical (unpaired) electrons. The van der Waals surface area contributed by atoms with Crippen LogP contribution in [0, 0.1) is 18.3 Å². The summed E-state index contributed by atoms with van der Waals surface area (Å²) in [6.45, 7) is 2.05. The molecule has 0 aliphatic carbocycles. The highest BCUT2D eigenvalue weighted by molar-refractivity contribution is 5.72. The maximum atomic E-state index is 8.93. The number of hydrogen-bond donors (Lipinski definition) is 1. The molecule has 2 N–H and O–H groups in total. The van der Waals surface area contributed by atoms with E-state index in [4.69, 9.17) is 11.0 Å². The van der Waals surface area contributed by atoms with Gasteiger partial charge in [0, 0.05) is 5.69 Å². The predicted octanol–water partition coefficient (Wildman–Crippen LogP) is 3.12. The molecule has 2 rings (SSSR count). The monoisotopic (exact) mass is 208 g/mol. The Hall–Kier alpha value is -2.27. The number of nitrogen functional groups attached to an aromatic ring is 1. The Morgan fingerprint density at radius 2 is 1.88 bits per heavy atom. The Kier molecular flexibility index (Phi) is 2.61. The zero-order valence-electron chi connectivity index (χ0n) is 9.07. The molecule has 0 bridgehead atoms. The number of anilines is 1. The van der Waals surface area contributed by atoms with E-state index in [1.165, 1.54) is 5.56 Å². The van der Waals surface area contributed by atoms with Crippen LogP contribution in [0.1, 0.15) is 11.1 Å². The second kappa shape index (κ2) is 4.08. The molecular weight excluding hydrogens is 196 g/mol. The third-order valence-electron chi connectivity index (χ3n) is 2.63. The van der Waals surface area contributed by atoms with Gasteiger partial charge < -0.3 is 5.73 Å². The van der Waals surface area contributed by atoms with Crippen LogP contribution in [0.2, 0.25) is 0 Å². The Morgan fingerprint density at radius 1 is 1.12 bits per heavy atom. The van der Waals surface area contributed by atoms with Crippen LogP contribution in [0.25, 0.3) is 11.1 Å².